The lowest BCUT2D eigenvalue weighted by molar-refractivity contribution is -0.152. The number of aromatic nitrogens is 4. The van der Waals surface area contributed by atoms with Crippen LogP contribution in [-0.2, 0) is 17.1 Å². The summed E-state index contributed by atoms with van der Waals surface area (Å²) < 4.78 is 31.6. The van der Waals surface area contributed by atoms with Crippen molar-refractivity contribution in [3.8, 4) is 11.3 Å². The van der Waals surface area contributed by atoms with Gasteiger partial charge in [-0.05, 0) is 37.2 Å². The molecule has 1 aliphatic carbocycles. The van der Waals surface area contributed by atoms with Crippen molar-refractivity contribution in [2.45, 2.75) is 43.4 Å². The number of nitrogens with zero attached hydrogens (tertiary/aromatic N) is 5. The van der Waals surface area contributed by atoms with Gasteiger partial charge in [0.05, 0.1) is 36.6 Å². The van der Waals surface area contributed by atoms with Crippen LogP contribution in [0.1, 0.15) is 36.7 Å². The van der Waals surface area contributed by atoms with E-state index in [1.807, 2.05) is 18.6 Å². The highest BCUT2D eigenvalue weighted by Gasteiger charge is 2.58. The lowest BCUT2D eigenvalue weighted by Gasteiger charge is -2.57. The fourth-order valence-corrected chi connectivity index (χ4v) is 7.71. The van der Waals surface area contributed by atoms with Gasteiger partial charge in [-0.3, -0.25) is 0 Å². The van der Waals surface area contributed by atoms with Crippen molar-refractivity contribution in [2.24, 2.45) is 18.4 Å². The van der Waals surface area contributed by atoms with Crippen molar-refractivity contribution in [2.75, 3.05) is 13.1 Å². The van der Waals surface area contributed by atoms with Gasteiger partial charge in [0.25, 0.3) is 10.0 Å². The van der Waals surface area contributed by atoms with E-state index in [1.54, 1.807) is 22.8 Å². The summed E-state index contributed by atoms with van der Waals surface area (Å²) in [4.78, 5) is 8.48. The summed E-state index contributed by atoms with van der Waals surface area (Å²) in [5.41, 5.74) is 3.33. The maximum absolute atomic E-state index is 13.1. The monoisotopic (exact) mass is 453 g/mol. The minimum atomic E-state index is -3.59. The molecule has 3 unspecified atom stereocenters. The first-order chi connectivity index (χ1) is 15.3. The molecule has 32 heavy (non-hydrogen) atoms. The zero-order chi connectivity index (χ0) is 22.3. The quantitative estimate of drug-likeness (QED) is 0.657. The van der Waals surface area contributed by atoms with Crippen LogP contribution in [0.5, 0.6) is 0 Å². The third-order valence-electron chi connectivity index (χ3n) is 8.10. The van der Waals surface area contributed by atoms with E-state index in [0.717, 1.165) is 12.1 Å². The summed E-state index contributed by atoms with van der Waals surface area (Å²) in [6.07, 6.45) is 6.97. The number of benzene rings is 1. The number of hydrogen-bond acceptors (Lipinski definition) is 5. The molecule has 4 heterocycles. The minimum Gasteiger partial charge on any atom is -0.392 e. The second kappa shape index (κ2) is 6.76. The number of fused-ring (bicyclic) bond motifs is 3. The van der Waals surface area contributed by atoms with Gasteiger partial charge in [-0.15, -0.1) is 0 Å². The average molecular weight is 454 g/mol. The molecule has 2 aliphatic heterocycles. The molecule has 2 aromatic heterocycles. The Hall–Kier alpha value is -2.49. The largest absolute Gasteiger partial charge is 0.392 e. The van der Waals surface area contributed by atoms with Crippen molar-refractivity contribution in [3.63, 3.8) is 0 Å². The van der Waals surface area contributed by atoms with E-state index in [2.05, 4.69) is 32.7 Å². The van der Waals surface area contributed by atoms with Crippen LogP contribution in [0.3, 0.4) is 0 Å². The molecule has 3 aromatic rings. The standard InChI is InChI=1S/C23H27N5O3S/c1-15-25-13-20(26(15)2)32(30,31)27-9-7-23(8-10-27)11-18(22(23)29)21-17-6-4-3-5-16(17)19-12-24-14-28(19)21/h3-6,12-14,18,21-22,29H,7-11H2,1-2H3. The van der Waals surface area contributed by atoms with Crippen LogP contribution in [0, 0.1) is 18.3 Å². The molecule has 1 saturated heterocycles. The van der Waals surface area contributed by atoms with E-state index in [-0.39, 0.29) is 22.4 Å². The average Bonchev–Trinajstić information content (AvgIpc) is 3.48. The van der Waals surface area contributed by atoms with Gasteiger partial charge in [0.2, 0.25) is 0 Å². The molecule has 9 heteroatoms. The number of sulfonamides is 1. The van der Waals surface area contributed by atoms with Crippen LogP contribution >= 0.6 is 0 Å². The second-order valence-electron chi connectivity index (χ2n) is 9.50. The van der Waals surface area contributed by atoms with Gasteiger partial charge in [-0.25, -0.2) is 18.4 Å². The molecule has 168 valence electrons. The van der Waals surface area contributed by atoms with Crippen LogP contribution in [0.2, 0.25) is 0 Å². The first kappa shape index (κ1) is 20.1. The van der Waals surface area contributed by atoms with Crippen LogP contribution in [0.25, 0.3) is 11.3 Å². The second-order valence-corrected chi connectivity index (χ2v) is 11.4. The van der Waals surface area contributed by atoms with Crippen LogP contribution in [0.4, 0.5) is 0 Å². The Balaban J connectivity index is 1.21. The van der Waals surface area contributed by atoms with Crippen molar-refractivity contribution in [3.05, 3.63) is 54.4 Å². The number of piperidine rings is 1. The predicted molar refractivity (Wildman–Crippen MR) is 118 cm³/mol. The Morgan fingerprint density at radius 1 is 1.16 bits per heavy atom. The third kappa shape index (κ3) is 2.58. The zero-order valence-corrected chi connectivity index (χ0v) is 19.0. The minimum absolute atomic E-state index is 0.0866. The third-order valence-corrected chi connectivity index (χ3v) is 10.1. The molecule has 8 nitrogen and oxygen atoms in total. The van der Waals surface area contributed by atoms with Crippen molar-refractivity contribution in [1.29, 1.82) is 0 Å². The highest BCUT2D eigenvalue weighted by Crippen LogP contribution is 2.59. The molecule has 6 rings (SSSR count). The molecule has 3 aliphatic rings. The Morgan fingerprint density at radius 2 is 1.91 bits per heavy atom. The molecule has 1 saturated carbocycles. The van der Waals surface area contributed by atoms with Crippen molar-refractivity contribution < 1.29 is 13.5 Å². The Morgan fingerprint density at radius 3 is 2.59 bits per heavy atom. The van der Waals surface area contributed by atoms with Gasteiger partial charge < -0.3 is 14.2 Å². The zero-order valence-electron chi connectivity index (χ0n) is 18.2. The smallest absolute Gasteiger partial charge is 0.260 e. The highest BCUT2D eigenvalue weighted by molar-refractivity contribution is 7.89. The normalized spacial score (nSPS) is 26.7. The van der Waals surface area contributed by atoms with E-state index in [4.69, 9.17) is 0 Å². The van der Waals surface area contributed by atoms with E-state index >= 15 is 0 Å². The van der Waals surface area contributed by atoms with Gasteiger partial charge in [-0.2, -0.15) is 4.31 Å². The molecular formula is C23H27N5O3S. The van der Waals surface area contributed by atoms with Gasteiger partial charge in [0.1, 0.15) is 5.82 Å². The number of aliphatic hydroxyl groups is 1. The molecule has 1 spiro atoms. The van der Waals surface area contributed by atoms with E-state index in [0.29, 0.717) is 31.8 Å². The number of aliphatic hydroxyl groups excluding tert-OH is 1. The number of rotatable bonds is 3. The van der Waals surface area contributed by atoms with Crippen molar-refractivity contribution >= 4 is 10.0 Å². The Labute approximate surface area is 187 Å². The molecular weight excluding hydrogens is 426 g/mol. The summed E-state index contributed by atoms with van der Waals surface area (Å²) in [5.74, 6) is 0.777. The Kier molecular flexibility index (Phi) is 4.25. The van der Waals surface area contributed by atoms with E-state index < -0.39 is 16.1 Å². The van der Waals surface area contributed by atoms with E-state index in [9.17, 15) is 13.5 Å². The SMILES string of the molecule is Cc1ncc(S(=O)(=O)N2CCC3(CC2)CC(C2c4ccccc4-c4cncn42)C3O)n1C. The molecule has 2 fully saturated rings. The van der Waals surface area contributed by atoms with Crippen molar-refractivity contribution in [1.82, 2.24) is 23.4 Å². The Bertz CT molecular complexity index is 1300. The molecule has 0 radical (unpaired) electrons. The van der Waals surface area contributed by atoms with Crippen LogP contribution < -0.4 is 0 Å². The summed E-state index contributed by atoms with van der Waals surface area (Å²) in [5, 5.41) is 11.6. The summed E-state index contributed by atoms with van der Waals surface area (Å²) in [7, 11) is -1.86. The lowest BCUT2D eigenvalue weighted by atomic mass is 9.53. The highest BCUT2D eigenvalue weighted by atomic mass is 32.2. The molecule has 0 amide bonds. The summed E-state index contributed by atoms with van der Waals surface area (Å²) >= 11 is 0. The van der Waals surface area contributed by atoms with Gasteiger partial charge >= 0.3 is 0 Å². The molecule has 1 aromatic carbocycles. The first-order valence-corrected chi connectivity index (χ1v) is 12.6. The fourth-order valence-electron chi connectivity index (χ4n) is 6.11. The molecule has 3 atom stereocenters. The maximum atomic E-state index is 13.1. The van der Waals surface area contributed by atoms with Gasteiger partial charge in [0, 0.05) is 31.6 Å². The summed E-state index contributed by atoms with van der Waals surface area (Å²) in [6.45, 7) is 2.64. The molecule has 0 bridgehead atoms. The summed E-state index contributed by atoms with van der Waals surface area (Å²) in [6, 6.07) is 8.44. The topological polar surface area (TPSA) is 93.2 Å². The number of aryl methyl sites for hydroxylation is 1. The van der Waals surface area contributed by atoms with E-state index in [1.165, 1.54) is 17.3 Å². The first-order valence-electron chi connectivity index (χ1n) is 11.1. The lowest BCUT2D eigenvalue weighted by Crippen LogP contribution is -2.59. The molecule has 1 N–H and O–H groups in total. The number of hydrogen-bond donors (Lipinski definition) is 1. The van der Waals surface area contributed by atoms with Crippen LogP contribution in [-0.4, -0.2) is 56.1 Å². The van der Waals surface area contributed by atoms with Gasteiger partial charge in [-0.1, -0.05) is 24.3 Å². The maximum Gasteiger partial charge on any atom is 0.260 e. The fraction of sp³-hybridized carbons (Fsp3) is 0.478. The van der Waals surface area contributed by atoms with Gasteiger partial charge in [0.15, 0.2) is 5.03 Å². The van der Waals surface area contributed by atoms with Crippen LogP contribution in [0.15, 0.2) is 48.0 Å². The number of imidazole rings is 2. The predicted octanol–water partition coefficient (Wildman–Crippen LogP) is 2.35.